The Balaban J connectivity index is 1.51. The molecule has 0 aromatic heterocycles. The van der Waals surface area contributed by atoms with Crippen LogP contribution >= 0.6 is 0 Å². The standard InChI is InChI=1S/C18H24N2O/c19-11-12-1-3-16(4-2-12)17(21)20-18-8-13-5-14(9-18)7-15(6-13)10-18/h1-4,13-15H,5-11,19H2,(H,20,21). The molecule has 1 amide bonds. The van der Waals surface area contributed by atoms with E-state index in [1.165, 1.54) is 38.5 Å². The molecule has 0 radical (unpaired) electrons. The van der Waals surface area contributed by atoms with Gasteiger partial charge in [0.1, 0.15) is 0 Å². The Kier molecular flexibility index (Phi) is 3.07. The number of amides is 1. The molecule has 0 atom stereocenters. The van der Waals surface area contributed by atoms with Crippen molar-refractivity contribution in [2.24, 2.45) is 23.5 Å². The minimum absolute atomic E-state index is 0.0956. The Morgan fingerprint density at radius 1 is 1.05 bits per heavy atom. The molecule has 0 heterocycles. The van der Waals surface area contributed by atoms with Crippen molar-refractivity contribution in [3.05, 3.63) is 35.4 Å². The lowest BCUT2D eigenvalue weighted by Gasteiger charge is -2.56. The molecule has 4 aliphatic carbocycles. The highest BCUT2D eigenvalue weighted by atomic mass is 16.1. The third-order valence-electron chi connectivity index (χ3n) is 5.87. The van der Waals surface area contributed by atoms with Crippen molar-refractivity contribution in [3.63, 3.8) is 0 Å². The number of carbonyl (C=O) groups is 1. The number of benzene rings is 1. The molecule has 1 aromatic rings. The SMILES string of the molecule is NCc1ccc(C(=O)NC23CC4CC(CC(C4)C2)C3)cc1. The Bertz CT molecular complexity index is 514. The second-order valence-corrected chi connectivity index (χ2v) is 7.55. The minimum atomic E-state index is 0.0956. The zero-order valence-electron chi connectivity index (χ0n) is 12.5. The molecule has 4 saturated carbocycles. The Labute approximate surface area is 126 Å². The fourth-order valence-corrected chi connectivity index (χ4v) is 5.37. The van der Waals surface area contributed by atoms with Crippen LogP contribution in [0.25, 0.3) is 0 Å². The van der Waals surface area contributed by atoms with Gasteiger partial charge in [-0.3, -0.25) is 4.79 Å². The van der Waals surface area contributed by atoms with Crippen molar-refractivity contribution in [1.29, 1.82) is 0 Å². The Morgan fingerprint density at radius 3 is 2.05 bits per heavy atom. The maximum Gasteiger partial charge on any atom is 0.251 e. The topological polar surface area (TPSA) is 55.1 Å². The monoisotopic (exact) mass is 284 g/mol. The zero-order valence-corrected chi connectivity index (χ0v) is 12.5. The lowest BCUT2D eigenvalue weighted by molar-refractivity contribution is -0.0167. The van der Waals surface area contributed by atoms with Crippen molar-refractivity contribution >= 4 is 5.91 Å². The van der Waals surface area contributed by atoms with Gasteiger partial charge in [-0.1, -0.05) is 12.1 Å². The molecule has 0 unspecified atom stereocenters. The molecule has 0 saturated heterocycles. The van der Waals surface area contributed by atoms with Crippen LogP contribution in [-0.2, 0) is 6.54 Å². The number of carbonyl (C=O) groups excluding carboxylic acids is 1. The first-order valence-corrected chi connectivity index (χ1v) is 8.27. The third-order valence-corrected chi connectivity index (χ3v) is 5.87. The normalized spacial score (nSPS) is 36.7. The summed E-state index contributed by atoms with van der Waals surface area (Å²) in [6, 6.07) is 7.71. The fraction of sp³-hybridized carbons (Fsp3) is 0.611. The van der Waals surface area contributed by atoms with E-state index in [-0.39, 0.29) is 11.4 Å². The van der Waals surface area contributed by atoms with Crippen molar-refractivity contribution in [2.75, 3.05) is 0 Å². The molecule has 4 aliphatic rings. The summed E-state index contributed by atoms with van der Waals surface area (Å²) in [5.41, 5.74) is 7.54. The highest BCUT2D eigenvalue weighted by molar-refractivity contribution is 5.94. The largest absolute Gasteiger partial charge is 0.347 e. The molecule has 4 fully saturated rings. The molecule has 4 bridgehead atoms. The van der Waals surface area contributed by atoms with Gasteiger partial charge in [-0.25, -0.2) is 0 Å². The van der Waals surface area contributed by atoms with Gasteiger partial charge in [-0.2, -0.15) is 0 Å². The molecule has 0 spiro atoms. The molecular weight excluding hydrogens is 260 g/mol. The first-order chi connectivity index (χ1) is 10.2. The molecule has 0 aliphatic heterocycles. The first kappa shape index (κ1) is 13.3. The number of hydrogen-bond donors (Lipinski definition) is 2. The van der Waals surface area contributed by atoms with E-state index in [1.54, 1.807) is 0 Å². The average molecular weight is 284 g/mol. The van der Waals surface area contributed by atoms with Crippen molar-refractivity contribution in [3.8, 4) is 0 Å². The first-order valence-electron chi connectivity index (χ1n) is 8.27. The van der Waals surface area contributed by atoms with Gasteiger partial charge in [0, 0.05) is 17.6 Å². The van der Waals surface area contributed by atoms with Crippen LogP contribution in [0.15, 0.2) is 24.3 Å². The van der Waals surface area contributed by atoms with E-state index in [9.17, 15) is 4.79 Å². The van der Waals surface area contributed by atoms with E-state index in [2.05, 4.69) is 5.32 Å². The smallest absolute Gasteiger partial charge is 0.251 e. The maximum atomic E-state index is 12.6. The van der Waals surface area contributed by atoms with Crippen LogP contribution in [0.5, 0.6) is 0 Å². The highest BCUT2D eigenvalue weighted by Gasteiger charge is 2.51. The molecule has 112 valence electrons. The quantitative estimate of drug-likeness (QED) is 0.896. The number of rotatable bonds is 3. The zero-order chi connectivity index (χ0) is 14.4. The minimum Gasteiger partial charge on any atom is -0.347 e. The maximum absolute atomic E-state index is 12.6. The van der Waals surface area contributed by atoms with E-state index in [1.807, 2.05) is 24.3 Å². The summed E-state index contributed by atoms with van der Waals surface area (Å²) in [4.78, 5) is 12.6. The van der Waals surface area contributed by atoms with E-state index in [4.69, 9.17) is 5.73 Å². The van der Waals surface area contributed by atoms with Crippen molar-refractivity contribution < 1.29 is 4.79 Å². The van der Waals surface area contributed by atoms with Crippen molar-refractivity contribution in [1.82, 2.24) is 5.32 Å². The van der Waals surface area contributed by atoms with Crippen LogP contribution in [0.4, 0.5) is 0 Å². The van der Waals surface area contributed by atoms with E-state index in [0.29, 0.717) is 6.54 Å². The number of nitrogens with two attached hydrogens (primary N) is 1. The molecule has 3 nitrogen and oxygen atoms in total. The predicted molar refractivity (Wildman–Crippen MR) is 82.7 cm³/mol. The summed E-state index contributed by atoms with van der Waals surface area (Å²) in [6.07, 6.45) is 7.81. The van der Waals surface area contributed by atoms with Gasteiger partial charge in [0.25, 0.3) is 5.91 Å². The molecular formula is C18H24N2O. The van der Waals surface area contributed by atoms with Crippen molar-refractivity contribution in [2.45, 2.75) is 50.6 Å². The van der Waals surface area contributed by atoms with E-state index in [0.717, 1.165) is 28.9 Å². The van der Waals surface area contributed by atoms with Gasteiger partial charge in [-0.05, 0) is 74.0 Å². The van der Waals surface area contributed by atoms with Crippen LogP contribution < -0.4 is 11.1 Å². The predicted octanol–water partition coefficient (Wildman–Crippen LogP) is 2.84. The van der Waals surface area contributed by atoms with Gasteiger partial charge >= 0.3 is 0 Å². The van der Waals surface area contributed by atoms with Crippen LogP contribution in [0, 0.1) is 17.8 Å². The van der Waals surface area contributed by atoms with Crippen LogP contribution in [0.2, 0.25) is 0 Å². The molecule has 5 rings (SSSR count). The lowest BCUT2D eigenvalue weighted by atomic mass is 9.53. The summed E-state index contributed by atoms with van der Waals surface area (Å²) in [5, 5.41) is 3.41. The molecule has 3 N–H and O–H groups in total. The summed E-state index contributed by atoms with van der Waals surface area (Å²) >= 11 is 0. The van der Waals surface area contributed by atoms with E-state index >= 15 is 0 Å². The second-order valence-electron chi connectivity index (χ2n) is 7.55. The van der Waals surface area contributed by atoms with Crippen LogP contribution in [0.3, 0.4) is 0 Å². The number of nitrogens with one attached hydrogen (secondary N) is 1. The lowest BCUT2D eigenvalue weighted by Crippen LogP contribution is -2.59. The third kappa shape index (κ3) is 2.38. The van der Waals surface area contributed by atoms with E-state index < -0.39 is 0 Å². The summed E-state index contributed by atoms with van der Waals surface area (Å²) in [7, 11) is 0. The van der Waals surface area contributed by atoms with Gasteiger partial charge in [0.2, 0.25) is 0 Å². The summed E-state index contributed by atoms with van der Waals surface area (Å²) in [5.74, 6) is 2.67. The van der Waals surface area contributed by atoms with Gasteiger partial charge in [-0.15, -0.1) is 0 Å². The van der Waals surface area contributed by atoms with Crippen LogP contribution in [-0.4, -0.2) is 11.4 Å². The van der Waals surface area contributed by atoms with Gasteiger partial charge in [0.15, 0.2) is 0 Å². The summed E-state index contributed by atoms with van der Waals surface area (Å²) in [6.45, 7) is 0.525. The number of hydrogen-bond acceptors (Lipinski definition) is 2. The second kappa shape index (κ2) is 4.84. The molecule has 1 aromatic carbocycles. The van der Waals surface area contributed by atoms with Gasteiger partial charge < -0.3 is 11.1 Å². The average Bonchev–Trinajstić information content (AvgIpc) is 2.45. The Morgan fingerprint density at radius 2 is 1.57 bits per heavy atom. The highest BCUT2D eigenvalue weighted by Crippen LogP contribution is 2.55. The molecule has 3 heteroatoms. The Hall–Kier alpha value is -1.35. The summed E-state index contributed by atoms with van der Waals surface area (Å²) < 4.78 is 0. The van der Waals surface area contributed by atoms with Crippen LogP contribution in [0.1, 0.15) is 54.4 Å². The fourth-order valence-electron chi connectivity index (χ4n) is 5.37. The molecule has 21 heavy (non-hydrogen) atoms. The van der Waals surface area contributed by atoms with Gasteiger partial charge in [0.05, 0.1) is 0 Å².